The van der Waals surface area contributed by atoms with E-state index in [-0.39, 0.29) is 17.0 Å². The van der Waals surface area contributed by atoms with Gasteiger partial charge in [0, 0.05) is 11.3 Å². The van der Waals surface area contributed by atoms with Gasteiger partial charge in [-0.05, 0) is 43.7 Å². The van der Waals surface area contributed by atoms with Gasteiger partial charge in [-0.1, -0.05) is 25.1 Å². The summed E-state index contributed by atoms with van der Waals surface area (Å²) in [7, 11) is -4.81. The maximum atomic E-state index is 12.4. The molecule has 0 bridgehead atoms. The van der Waals surface area contributed by atoms with Crippen molar-refractivity contribution in [2.75, 3.05) is 0 Å². The highest BCUT2D eigenvalue weighted by Crippen LogP contribution is 2.30. The summed E-state index contributed by atoms with van der Waals surface area (Å²) in [4.78, 5) is 11.9. The Morgan fingerprint density at radius 2 is 1.85 bits per heavy atom. The lowest BCUT2D eigenvalue weighted by Gasteiger charge is -2.15. The van der Waals surface area contributed by atoms with Crippen molar-refractivity contribution in [3.8, 4) is 17.2 Å². The normalized spacial score (nSPS) is 11.5. The second-order valence-electron chi connectivity index (χ2n) is 5.71. The van der Waals surface area contributed by atoms with E-state index in [9.17, 15) is 17.8 Å². The van der Waals surface area contributed by atoms with Crippen LogP contribution in [0.5, 0.6) is 11.5 Å². The zero-order valence-corrected chi connectivity index (χ0v) is 15.0. The highest BCUT2D eigenvalue weighted by Gasteiger charge is 2.16. The second-order valence-corrected chi connectivity index (χ2v) is 7.06. The molecule has 0 atom stereocenters. The Balaban J connectivity index is 2.12. The number of rotatable bonds is 5. The first-order valence-corrected chi connectivity index (χ1v) is 9.35. The van der Waals surface area contributed by atoms with E-state index in [1.165, 1.54) is 16.8 Å². The summed E-state index contributed by atoms with van der Waals surface area (Å²) in [6, 6.07) is 12.5. The summed E-state index contributed by atoms with van der Waals surface area (Å²) in [5.41, 5.74) is 1.25. The monoisotopic (exact) mass is 373 g/mol. The van der Waals surface area contributed by atoms with Gasteiger partial charge in [0.1, 0.15) is 21.6 Å². The highest BCUT2D eigenvalue weighted by molar-refractivity contribution is 7.85. The number of benzene rings is 2. The topological polar surface area (TPSA) is 104 Å². The van der Waals surface area contributed by atoms with Crippen LogP contribution < -0.4 is 10.3 Å². The van der Waals surface area contributed by atoms with Crippen molar-refractivity contribution >= 4 is 10.1 Å². The molecule has 1 N–H and O–H groups in total. The van der Waals surface area contributed by atoms with Gasteiger partial charge in [0.15, 0.2) is 0 Å². The molecule has 0 fully saturated rings. The Labute approximate surface area is 150 Å². The van der Waals surface area contributed by atoms with Gasteiger partial charge >= 0.3 is 0 Å². The van der Waals surface area contributed by atoms with Gasteiger partial charge in [-0.25, -0.2) is 13.1 Å². The van der Waals surface area contributed by atoms with E-state index >= 15 is 0 Å². The molecule has 0 aliphatic heterocycles. The van der Waals surface area contributed by atoms with Crippen LogP contribution in [0.4, 0.5) is 0 Å². The Bertz CT molecular complexity index is 1100. The third-order valence-corrected chi connectivity index (χ3v) is 4.83. The molecular weight excluding hydrogens is 356 g/mol. The summed E-state index contributed by atoms with van der Waals surface area (Å²) < 4.78 is 41.9. The van der Waals surface area contributed by atoms with Crippen molar-refractivity contribution in [2.24, 2.45) is 0 Å². The van der Waals surface area contributed by atoms with Crippen LogP contribution in [-0.2, 0) is 16.5 Å². The number of aromatic amines is 1. The Kier molecular flexibility index (Phi) is 4.71. The number of aromatic nitrogens is 2. The van der Waals surface area contributed by atoms with Gasteiger partial charge in [-0.15, -0.1) is 0 Å². The summed E-state index contributed by atoms with van der Waals surface area (Å²) in [5, 5.41) is 2.89. The minimum Gasteiger partial charge on any atom is -0.744 e. The fourth-order valence-corrected chi connectivity index (χ4v) is 3.33. The first kappa shape index (κ1) is 18.0. The molecule has 2 aromatic carbocycles. The molecule has 3 aromatic rings. The smallest absolute Gasteiger partial charge is 0.274 e. The Morgan fingerprint density at radius 3 is 2.42 bits per heavy atom. The fraction of sp³-hybridized carbons (Fsp3) is 0.167. The largest absolute Gasteiger partial charge is 0.744 e. The molecule has 0 unspecified atom stereocenters. The molecule has 0 aliphatic carbocycles. The van der Waals surface area contributed by atoms with Crippen LogP contribution in [0.25, 0.3) is 5.69 Å². The maximum absolute atomic E-state index is 12.4. The number of ether oxygens (including phenoxy) is 1. The number of aryl methyl sites for hydroxylation is 1. The number of hydrogen-bond acceptors (Lipinski definition) is 5. The van der Waals surface area contributed by atoms with Crippen LogP contribution in [0, 0.1) is 6.92 Å². The molecule has 0 radical (unpaired) electrons. The van der Waals surface area contributed by atoms with Crippen LogP contribution in [0.2, 0.25) is 0 Å². The van der Waals surface area contributed by atoms with E-state index in [1.54, 1.807) is 37.3 Å². The molecule has 136 valence electrons. The van der Waals surface area contributed by atoms with Crippen LogP contribution >= 0.6 is 0 Å². The molecule has 26 heavy (non-hydrogen) atoms. The van der Waals surface area contributed by atoms with Crippen molar-refractivity contribution in [3.63, 3.8) is 0 Å². The van der Waals surface area contributed by atoms with Crippen LogP contribution in [0.15, 0.2) is 58.2 Å². The number of para-hydroxylation sites is 1. The van der Waals surface area contributed by atoms with E-state index in [2.05, 4.69) is 5.10 Å². The third kappa shape index (κ3) is 3.42. The number of hydrogen-bond donors (Lipinski definition) is 1. The van der Waals surface area contributed by atoms with Gasteiger partial charge in [-0.2, -0.15) is 0 Å². The molecule has 0 amide bonds. The molecule has 7 nitrogen and oxygen atoms in total. The van der Waals surface area contributed by atoms with Crippen LogP contribution in [-0.4, -0.2) is 22.8 Å². The third-order valence-electron chi connectivity index (χ3n) is 3.97. The van der Waals surface area contributed by atoms with E-state index in [1.807, 2.05) is 6.92 Å². The summed E-state index contributed by atoms with van der Waals surface area (Å²) in [5.74, 6) is 0.299. The van der Waals surface area contributed by atoms with Crippen molar-refractivity contribution < 1.29 is 17.7 Å². The lowest BCUT2D eigenvalue weighted by atomic mass is 10.2. The van der Waals surface area contributed by atoms with Gasteiger partial charge in [0.2, 0.25) is 0 Å². The van der Waals surface area contributed by atoms with Crippen molar-refractivity contribution in [2.45, 2.75) is 25.2 Å². The minimum atomic E-state index is -4.81. The van der Waals surface area contributed by atoms with E-state index in [4.69, 9.17) is 4.74 Å². The standard InChI is InChI=1S/C18H18N2O5S/c1-3-15-12(2)19-20(18(15)21)13-9-10-16(17(11-13)26(22,23)24)25-14-7-5-4-6-8-14/h4-11,19H,3H2,1-2H3,(H,22,23,24)/p-1. The SMILES string of the molecule is CCc1c(C)[nH]n(-c2ccc(Oc3ccccc3)c(S(=O)(=O)[O-])c2)c1=O. The van der Waals surface area contributed by atoms with E-state index < -0.39 is 15.0 Å². The maximum Gasteiger partial charge on any atom is 0.274 e. The zero-order chi connectivity index (χ0) is 18.9. The van der Waals surface area contributed by atoms with Crippen molar-refractivity contribution in [1.82, 2.24) is 9.78 Å². The lowest BCUT2D eigenvalue weighted by Crippen LogP contribution is -2.17. The molecule has 3 rings (SSSR count). The average molecular weight is 373 g/mol. The van der Waals surface area contributed by atoms with Gasteiger partial charge in [0.05, 0.1) is 10.6 Å². The van der Waals surface area contributed by atoms with Gasteiger partial charge in [-0.3, -0.25) is 9.89 Å². The quantitative estimate of drug-likeness (QED) is 0.693. The highest BCUT2D eigenvalue weighted by atomic mass is 32.2. The summed E-state index contributed by atoms with van der Waals surface area (Å²) >= 11 is 0. The minimum absolute atomic E-state index is 0.0954. The van der Waals surface area contributed by atoms with Gasteiger partial charge in [0.25, 0.3) is 5.56 Å². The first-order chi connectivity index (χ1) is 12.3. The predicted octanol–water partition coefficient (Wildman–Crippen LogP) is 2.73. The average Bonchev–Trinajstić information content (AvgIpc) is 2.89. The number of nitrogens with zero attached hydrogens (tertiary/aromatic N) is 1. The molecule has 0 spiro atoms. The van der Waals surface area contributed by atoms with Crippen molar-refractivity contribution in [1.29, 1.82) is 0 Å². The molecule has 0 saturated heterocycles. The Morgan fingerprint density at radius 1 is 1.15 bits per heavy atom. The molecule has 0 saturated carbocycles. The number of nitrogens with one attached hydrogen (secondary N) is 1. The number of H-pyrrole nitrogens is 1. The fourth-order valence-electron chi connectivity index (χ4n) is 2.71. The molecule has 1 heterocycles. The molecule has 8 heteroatoms. The Hall–Kier alpha value is -2.84. The summed E-state index contributed by atoms with van der Waals surface area (Å²) in [6.45, 7) is 3.61. The first-order valence-electron chi connectivity index (χ1n) is 7.95. The molecule has 1 aromatic heterocycles. The van der Waals surface area contributed by atoms with Crippen molar-refractivity contribution in [3.05, 3.63) is 70.1 Å². The van der Waals surface area contributed by atoms with Gasteiger partial charge < -0.3 is 9.29 Å². The van der Waals surface area contributed by atoms with E-state index in [0.29, 0.717) is 23.4 Å². The van der Waals surface area contributed by atoms with Crippen LogP contribution in [0.3, 0.4) is 0 Å². The predicted molar refractivity (Wildman–Crippen MR) is 95.0 cm³/mol. The zero-order valence-electron chi connectivity index (χ0n) is 14.2. The lowest BCUT2D eigenvalue weighted by molar-refractivity contribution is 0.440. The molecular formula is C18H17N2O5S-. The van der Waals surface area contributed by atoms with E-state index in [0.717, 1.165) is 6.07 Å². The summed E-state index contributed by atoms with van der Waals surface area (Å²) in [6.07, 6.45) is 0.538. The molecule has 0 aliphatic rings. The second kappa shape index (κ2) is 6.81. The van der Waals surface area contributed by atoms with Crippen LogP contribution in [0.1, 0.15) is 18.2 Å².